The maximum Gasteiger partial charge on any atom is 0.321 e. The topological polar surface area (TPSA) is 70.7 Å². The van der Waals surface area contributed by atoms with Gasteiger partial charge in [0.25, 0.3) is 0 Å². The number of nitrogens with one attached hydrogen (secondary N) is 2. The highest BCUT2D eigenvalue weighted by Gasteiger charge is 2.45. The molecule has 1 saturated carbocycles. The van der Waals surface area contributed by atoms with Crippen molar-refractivity contribution >= 4 is 17.6 Å². The molecule has 3 aliphatic rings. The number of nitrogens with zero attached hydrogens (tertiary/aromatic N) is 1. The van der Waals surface area contributed by atoms with E-state index >= 15 is 0 Å². The van der Waals surface area contributed by atoms with Crippen molar-refractivity contribution in [1.29, 1.82) is 0 Å². The molecule has 1 spiro atoms. The summed E-state index contributed by atoms with van der Waals surface area (Å²) in [7, 11) is 0. The van der Waals surface area contributed by atoms with E-state index in [1.54, 1.807) is 0 Å². The van der Waals surface area contributed by atoms with Crippen LogP contribution < -0.4 is 10.6 Å². The monoisotopic (exact) mass is 371 g/mol. The molecule has 3 fully saturated rings. The minimum Gasteiger partial charge on any atom is -0.362 e. The average molecular weight is 371 g/mol. The van der Waals surface area contributed by atoms with Gasteiger partial charge in [-0.1, -0.05) is 17.7 Å². The highest BCUT2D eigenvalue weighted by molar-refractivity contribution is 5.89. The Balaban J connectivity index is 1.25. The van der Waals surface area contributed by atoms with Gasteiger partial charge in [0.05, 0.1) is 5.60 Å². The van der Waals surface area contributed by atoms with Crippen molar-refractivity contribution in [2.45, 2.75) is 57.2 Å². The molecule has 146 valence electrons. The number of carbonyl (C=O) groups excluding carboxylic acids is 2. The van der Waals surface area contributed by atoms with Gasteiger partial charge < -0.3 is 20.3 Å². The van der Waals surface area contributed by atoms with Crippen LogP contribution in [-0.4, -0.2) is 48.2 Å². The molecule has 2 N–H and O–H groups in total. The van der Waals surface area contributed by atoms with Crippen LogP contribution in [0.3, 0.4) is 0 Å². The molecule has 2 aliphatic heterocycles. The SMILES string of the molecule is Cc1ccc(NC(=O)N2CCC3(CC[C@@H](C(=O)NCC4CC4)O3)CC2)cc1. The van der Waals surface area contributed by atoms with Crippen LogP contribution in [0.25, 0.3) is 0 Å². The van der Waals surface area contributed by atoms with Crippen LogP contribution >= 0.6 is 0 Å². The Bertz CT molecular complexity index is 691. The molecule has 0 aromatic heterocycles. The number of hydrogen-bond acceptors (Lipinski definition) is 3. The van der Waals surface area contributed by atoms with Crippen LogP contribution in [0.5, 0.6) is 0 Å². The molecule has 6 nitrogen and oxygen atoms in total. The summed E-state index contributed by atoms with van der Waals surface area (Å²) in [5, 5.41) is 5.99. The Morgan fingerprint density at radius 1 is 1.11 bits per heavy atom. The van der Waals surface area contributed by atoms with E-state index in [-0.39, 0.29) is 23.6 Å². The molecule has 1 aliphatic carbocycles. The van der Waals surface area contributed by atoms with Gasteiger partial charge in [-0.25, -0.2) is 4.79 Å². The lowest BCUT2D eigenvalue weighted by Crippen LogP contribution is -2.48. The number of rotatable bonds is 4. The normalized spacial score (nSPS) is 24.0. The number of ether oxygens (including phenoxy) is 1. The summed E-state index contributed by atoms with van der Waals surface area (Å²) in [5.41, 5.74) is 1.75. The average Bonchev–Trinajstić information content (AvgIpc) is 3.42. The van der Waals surface area contributed by atoms with Gasteiger partial charge in [-0.05, 0) is 63.5 Å². The molecular formula is C21H29N3O3. The lowest BCUT2D eigenvalue weighted by molar-refractivity contribution is -0.140. The Labute approximate surface area is 160 Å². The zero-order chi connectivity index (χ0) is 18.9. The second-order valence-corrected chi connectivity index (χ2v) is 8.30. The van der Waals surface area contributed by atoms with Crippen molar-refractivity contribution in [2.75, 3.05) is 25.0 Å². The molecule has 0 unspecified atom stereocenters. The molecule has 2 heterocycles. The maximum atomic E-state index is 12.5. The fourth-order valence-electron chi connectivity index (χ4n) is 4.00. The van der Waals surface area contributed by atoms with Crippen molar-refractivity contribution in [1.82, 2.24) is 10.2 Å². The largest absolute Gasteiger partial charge is 0.362 e. The molecular weight excluding hydrogens is 342 g/mol. The number of piperidine rings is 1. The summed E-state index contributed by atoms with van der Waals surface area (Å²) < 4.78 is 6.19. The zero-order valence-electron chi connectivity index (χ0n) is 16.0. The van der Waals surface area contributed by atoms with Crippen molar-refractivity contribution in [2.24, 2.45) is 5.92 Å². The molecule has 27 heavy (non-hydrogen) atoms. The predicted octanol–water partition coefficient (Wildman–Crippen LogP) is 3.07. The van der Waals surface area contributed by atoms with Gasteiger partial charge in [-0.3, -0.25) is 4.79 Å². The van der Waals surface area contributed by atoms with E-state index in [0.29, 0.717) is 19.0 Å². The lowest BCUT2D eigenvalue weighted by Gasteiger charge is -2.39. The van der Waals surface area contributed by atoms with E-state index in [1.165, 1.54) is 18.4 Å². The van der Waals surface area contributed by atoms with Crippen molar-refractivity contribution in [3.05, 3.63) is 29.8 Å². The van der Waals surface area contributed by atoms with Gasteiger partial charge in [0.1, 0.15) is 6.10 Å². The van der Waals surface area contributed by atoms with E-state index in [2.05, 4.69) is 10.6 Å². The van der Waals surface area contributed by atoms with Crippen molar-refractivity contribution in [3.63, 3.8) is 0 Å². The van der Waals surface area contributed by atoms with Gasteiger partial charge in [0.15, 0.2) is 0 Å². The van der Waals surface area contributed by atoms with Gasteiger partial charge in [-0.15, -0.1) is 0 Å². The minimum absolute atomic E-state index is 0.0401. The highest BCUT2D eigenvalue weighted by atomic mass is 16.5. The summed E-state index contributed by atoms with van der Waals surface area (Å²) in [5.74, 6) is 0.720. The first-order chi connectivity index (χ1) is 13.0. The first-order valence-corrected chi connectivity index (χ1v) is 10.1. The van der Waals surface area contributed by atoms with Gasteiger partial charge in [0, 0.05) is 25.3 Å². The summed E-state index contributed by atoms with van der Waals surface area (Å²) in [6.07, 6.45) is 5.42. The van der Waals surface area contributed by atoms with Crippen LogP contribution in [0.15, 0.2) is 24.3 Å². The fraction of sp³-hybridized carbons (Fsp3) is 0.619. The molecule has 3 amide bonds. The summed E-state index contributed by atoms with van der Waals surface area (Å²) >= 11 is 0. The highest BCUT2D eigenvalue weighted by Crippen LogP contribution is 2.39. The Kier molecular flexibility index (Phi) is 5.08. The fourth-order valence-corrected chi connectivity index (χ4v) is 4.00. The second kappa shape index (κ2) is 7.50. The Morgan fingerprint density at radius 2 is 1.81 bits per heavy atom. The molecule has 0 radical (unpaired) electrons. The number of aryl methyl sites for hydroxylation is 1. The molecule has 2 saturated heterocycles. The van der Waals surface area contributed by atoms with Crippen LogP contribution in [0, 0.1) is 12.8 Å². The predicted molar refractivity (Wildman–Crippen MR) is 104 cm³/mol. The quantitative estimate of drug-likeness (QED) is 0.854. The molecule has 6 heteroatoms. The standard InChI is InChI=1S/C21H29N3O3/c1-15-2-6-17(7-3-15)23-20(26)24-12-10-21(11-13-24)9-8-18(27-21)19(25)22-14-16-4-5-16/h2-3,6-7,16,18H,4-5,8-14H2,1H3,(H,22,25)(H,23,26)/t18-/m0/s1. The number of amides is 3. The number of urea groups is 1. The number of benzene rings is 1. The zero-order valence-corrected chi connectivity index (χ0v) is 16.0. The first kappa shape index (κ1) is 18.3. The summed E-state index contributed by atoms with van der Waals surface area (Å²) in [6, 6.07) is 7.75. The third-order valence-electron chi connectivity index (χ3n) is 6.07. The second-order valence-electron chi connectivity index (χ2n) is 8.30. The van der Waals surface area contributed by atoms with Crippen LogP contribution in [0.1, 0.15) is 44.1 Å². The van der Waals surface area contributed by atoms with Gasteiger partial charge >= 0.3 is 6.03 Å². The third-order valence-corrected chi connectivity index (χ3v) is 6.07. The molecule has 1 aromatic rings. The molecule has 1 aromatic carbocycles. The smallest absolute Gasteiger partial charge is 0.321 e. The maximum absolute atomic E-state index is 12.5. The number of hydrogen-bond donors (Lipinski definition) is 2. The Hall–Kier alpha value is -2.08. The number of anilines is 1. The van der Waals surface area contributed by atoms with E-state index in [0.717, 1.165) is 37.9 Å². The number of likely N-dealkylation sites (tertiary alicyclic amines) is 1. The van der Waals surface area contributed by atoms with E-state index in [1.807, 2.05) is 36.1 Å². The van der Waals surface area contributed by atoms with Crippen molar-refractivity contribution < 1.29 is 14.3 Å². The lowest BCUT2D eigenvalue weighted by atomic mass is 9.88. The third kappa shape index (κ3) is 4.43. The van der Waals surface area contributed by atoms with Gasteiger partial charge in [-0.2, -0.15) is 0 Å². The Morgan fingerprint density at radius 3 is 2.48 bits per heavy atom. The van der Waals surface area contributed by atoms with Crippen LogP contribution in [0.4, 0.5) is 10.5 Å². The summed E-state index contributed by atoms with van der Waals surface area (Å²) in [6.45, 7) is 4.14. The van der Waals surface area contributed by atoms with Crippen LogP contribution in [0.2, 0.25) is 0 Å². The van der Waals surface area contributed by atoms with E-state index < -0.39 is 0 Å². The van der Waals surface area contributed by atoms with E-state index in [4.69, 9.17) is 4.74 Å². The minimum atomic E-state index is -0.323. The number of carbonyl (C=O) groups is 2. The summed E-state index contributed by atoms with van der Waals surface area (Å²) in [4.78, 5) is 26.6. The van der Waals surface area contributed by atoms with Gasteiger partial charge in [0.2, 0.25) is 5.91 Å². The molecule has 1 atom stereocenters. The first-order valence-electron chi connectivity index (χ1n) is 10.1. The van der Waals surface area contributed by atoms with Crippen molar-refractivity contribution in [3.8, 4) is 0 Å². The van der Waals surface area contributed by atoms with E-state index in [9.17, 15) is 9.59 Å². The molecule has 0 bridgehead atoms. The molecule has 4 rings (SSSR count). The van der Waals surface area contributed by atoms with Crippen LogP contribution in [-0.2, 0) is 9.53 Å².